The van der Waals surface area contributed by atoms with Gasteiger partial charge in [-0.1, -0.05) is 17.7 Å². The van der Waals surface area contributed by atoms with Crippen LogP contribution in [0.4, 0.5) is 0 Å². The summed E-state index contributed by atoms with van der Waals surface area (Å²) in [5.74, 6) is 1.40. The zero-order chi connectivity index (χ0) is 21.8. The Morgan fingerprint density at radius 1 is 1.03 bits per heavy atom. The molecule has 6 nitrogen and oxygen atoms in total. The van der Waals surface area contributed by atoms with Gasteiger partial charge in [-0.2, -0.15) is 4.31 Å². The van der Waals surface area contributed by atoms with Gasteiger partial charge in [-0.3, -0.25) is 9.59 Å². The molecule has 1 aliphatic heterocycles. The molecule has 0 aromatic heterocycles. The Hall–Kier alpha value is -1.73. The van der Waals surface area contributed by atoms with Crippen LogP contribution in [0.15, 0.2) is 29.2 Å². The SMILES string of the molecule is Cc1ccc(S(=O)(=O)N2CCC[C@H]2C(=O)OCC(=O)C23CC4CC(CC(C4)C2)C3)cc1. The maximum Gasteiger partial charge on any atom is 0.324 e. The van der Waals surface area contributed by atoms with Crippen LogP contribution in [0.2, 0.25) is 0 Å². The van der Waals surface area contributed by atoms with Gasteiger partial charge in [0.2, 0.25) is 10.0 Å². The summed E-state index contributed by atoms with van der Waals surface area (Å²) in [5, 5.41) is 0. The van der Waals surface area contributed by atoms with Gasteiger partial charge in [0.15, 0.2) is 12.4 Å². The van der Waals surface area contributed by atoms with Gasteiger partial charge in [0.1, 0.15) is 6.04 Å². The average Bonchev–Trinajstić information content (AvgIpc) is 3.22. The minimum Gasteiger partial charge on any atom is -0.456 e. The molecule has 1 aromatic rings. The van der Waals surface area contributed by atoms with E-state index < -0.39 is 22.0 Å². The van der Waals surface area contributed by atoms with Crippen molar-refractivity contribution in [3.63, 3.8) is 0 Å². The molecule has 0 radical (unpaired) electrons. The molecule has 0 unspecified atom stereocenters. The number of sulfonamides is 1. The average molecular weight is 446 g/mol. The van der Waals surface area contributed by atoms with E-state index >= 15 is 0 Å². The van der Waals surface area contributed by atoms with Crippen molar-refractivity contribution in [1.82, 2.24) is 4.31 Å². The van der Waals surface area contributed by atoms with E-state index in [1.807, 2.05) is 6.92 Å². The first-order chi connectivity index (χ1) is 14.8. The van der Waals surface area contributed by atoms with Crippen LogP contribution in [-0.2, 0) is 24.3 Å². The van der Waals surface area contributed by atoms with E-state index in [0.29, 0.717) is 37.1 Å². The zero-order valence-corrected chi connectivity index (χ0v) is 18.9. The summed E-state index contributed by atoms with van der Waals surface area (Å²) < 4.78 is 32.9. The second-order valence-corrected chi connectivity index (χ2v) is 12.2. The van der Waals surface area contributed by atoms with Gasteiger partial charge in [0, 0.05) is 12.0 Å². The molecule has 31 heavy (non-hydrogen) atoms. The van der Waals surface area contributed by atoms with E-state index in [4.69, 9.17) is 4.74 Å². The van der Waals surface area contributed by atoms with Crippen LogP contribution in [0.5, 0.6) is 0 Å². The molecule has 168 valence electrons. The van der Waals surface area contributed by atoms with Gasteiger partial charge in [-0.05, 0) is 88.2 Å². The molecule has 1 saturated heterocycles. The highest BCUT2D eigenvalue weighted by molar-refractivity contribution is 7.89. The molecule has 5 aliphatic rings. The van der Waals surface area contributed by atoms with Crippen LogP contribution in [0.1, 0.15) is 56.9 Å². The highest BCUT2D eigenvalue weighted by Gasteiger charge is 2.54. The highest BCUT2D eigenvalue weighted by atomic mass is 32.2. The number of benzene rings is 1. The maximum atomic E-state index is 13.1. The minimum absolute atomic E-state index is 0.0471. The Balaban J connectivity index is 1.25. The molecule has 1 aromatic carbocycles. The van der Waals surface area contributed by atoms with E-state index in [9.17, 15) is 18.0 Å². The summed E-state index contributed by atoms with van der Waals surface area (Å²) in [5.41, 5.74) is 0.665. The molecule has 0 spiro atoms. The number of hydrogen-bond acceptors (Lipinski definition) is 5. The predicted octanol–water partition coefficient (Wildman–Crippen LogP) is 3.48. The van der Waals surface area contributed by atoms with Crippen LogP contribution >= 0.6 is 0 Å². The first-order valence-electron chi connectivity index (χ1n) is 11.6. The summed E-state index contributed by atoms with van der Waals surface area (Å²) >= 11 is 0. The summed E-state index contributed by atoms with van der Waals surface area (Å²) in [7, 11) is -3.78. The lowest BCUT2D eigenvalue weighted by Gasteiger charge is -2.55. The molecule has 4 bridgehead atoms. The number of rotatable bonds is 6. The number of Topliss-reactive ketones (excluding diaryl/α,β-unsaturated/α-hetero) is 1. The molecular weight excluding hydrogens is 414 g/mol. The highest BCUT2D eigenvalue weighted by Crippen LogP contribution is 2.60. The van der Waals surface area contributed by atoms with Gasteiger partial charge in [0.05, 0.1) is 4.90 Å². The third-order valence-electron chi connectivity index (χ3n) is 8.08. The normalized spacial score (nSPS) is 34.7. The molecule has 6 rings (SSSR count). The number of ketones is 1. The van der Waals surface area contributed by atoms with Crippen LogP contribution in [0, 0.1) is 30.1 Å². The van der Waals surface area contributed by atoms with Gasteiger partial charge < -0.3 is 4.74 Å². The number of ether oxygens (including phenoxy) is 1. The van der Waals surface area contributed by atoms with Gasteiger partial charge in [0.25, 0.3) is 0 Å². The predicted molar refractivity (Wildman–Crippen MR) is 115 cm³/mol. The maximum absolute atomic E-state index is 13.1. The Morgan fingerprint density at radius 2 is 1.61 bits per heavy atom. The number of hydrogen-bond donors (Lipinski definition) is 0. The minimum atomic E-state index is -3.78. The summed E-state index contributed by atoms with van der Waals surface area (Å²) in [4.78, 5) is 26.2. The van der Waals surface area contributed by atoms with E-state index in [-0.39, 0.29) is 22.7 Å². The Labute approximate surface area is 184 Å². The number of carbonyl (C=O) groups is 2. The van der Waals surface area contributed by atoms with Crippen LogP contribution in [-0.4, -0.2) is 43.7 Å². The lowest BCUT2D eigenvalue weighted by Crippen LogP contribution is -2.51. The Bertz CT molecular complexity index is 948. The largest absolute Gasteiger partial charge is 0.456 e. The summed E-state index contributed by atoms with van der Waals surface area (Å²) in [6.07, 6.45) is 7.59. The third kappa shape index (κ3) is 3.74. The number of aryl methyl sites for hydroxylation is 1. The molecule has 0 amide bonds. The van der Waals surface area contributed by atoms with Crippen molar-refractivity contribution in [2.75, 3.05) is 13.2 Å². The zero-order valence-electron chi connectivity index (χ0n) is 18.1. The van der Waals surface area contributed by atoms with Gasteiger partial charge in [-0.25, -0.2) is 8.42 Å². The second kappa shape index (κ2) is 7.69. The van der Waals surface area contributed by atoms with Crippen molar-refractivity contribution >= 4 is 21.8 Å². The van der Waals surface area contributed by atoms with Crippen molar-refractivity contribution < 1.29 is 22.7 Å². The fourth-order valence-corrected chi connectivity index (χ4v) is 8.59. The molecule has 5 fully saturated rings. The van der Waals surface area contributed by atoms with Gasteiger partial charge in [-0.15, -0.1) is 0 Å². The molecule has 7 heteroatoms. The van der Waals surface area contributed by atoms with Crippen molar-refractivity contribution in [2.45, 2.75) is 69.2 Å². The Morgan fingerprint density at radius 3 is 2.19 bits per heavy atom. The van der Waals surface area contributed by atoms with Crippen LogP contribution in [0.25, 0.3) is 0 Å². The molecule has 1 heterocycles. The standard InChI is InChI=1S/C24H31NO5S/c1-16-4-6-20(7-5-16)31(28,29)25-8-2-3-21(25)23(27)30-15-22(26)24-12-17-9-18(13-24)11-19(10-17)14-24/h4-7,17-19,21H,2-3,8-15H2,1H3/t17?,18?,19?,21-,24?/m0/s1. The van der Waals surface area contributed by atoms with Crippen molar-refractivity contribution in [1.29, 1.82) is 0 Å². The summed E-state index contributed by atoms with van der Waals surface area (Å²) in [6.45, 7) is 1.96. The molecule has 4 aliphatic carbocycles. The first kappa shape index (κ1) is 21.1. The first-order valence-corrected chi connectivity index (χ1v) is 13.0. The fraction of sp³-hybridized carbons (Fsp3) is 0.667. The van der Waals surface area contributed by atoms with E-state index in [2.05, 4.69) is 0 Å². The lowest BCUT2D eigenvalue weighted by atomic mass is 9.48. The Kier molecular flexibility index (Phi) is 5.25. The van der Waals surface area contributed by atoms with E-state index in [1.165, 1.54) is 23.6 Å². The second-order valence-electron chi connectivity index (χ2n) is 10.3. The summed E-state index contributed by atoms with van der Waals surface area (Å²) in [6, 6.07) is 5.79. The smallest absolute Gasteiger partial charge is 0.324 e. The molecular formula is C24H31NO5S. The van der Waals surface area contributed by atoms with E-state index in [0.717, 1.165) is 24.8 Å². The lowest BCUT2D eigenvalue weighted by molar-refractivity contribution is -0.159. The van der Waals surface area contributed by atoms with Crippen molar-refractivity contribution in [3.8, 4) is 0 Å². The van der Waals surface area contributed by atoms with Crippen molar-refractivity contribution in [3.05, 3.63) is 29.8 Å². The van der Waals surface area contributed by atoms with Crippen molar-refractivity contribution in [2.24, 2.45) is 23.2 Å². The number of esters is 1. The number of carbonyl (C=O) groups excluding carboxylic acids is 2. The van der Waals surface area contributed by atoms with Crippen LogP contribution in [0.3, 0.4) is 0 Å². The molecule has 0 N–H and O–H groups in total. The third-order valence-corrected chi connectivity index (χ3v) is 10.0. The molecule has 1 atom stereocenters. The fourth-order valence-electron chi connectivity index (χ4n) is 6.95. The monoisotopic (exact) mass is 445 g/mol. The topological polar surface area (TPSA) is 80.8 Å². The van der Waals surface area contributed by atoms with Crippen LogP contribution < -0.4 is 0 Å². The van der Waals surface area contributed by atoms with E-state index in [1.54, 1.807) is 24.3 Å². The molecule has 4 saturated carbocycles. The van der Waals surface area contributed by atoms with Gasteiger partial charge >= 0.3 is 5.97 Å². The number of nitrogens with zero attached hydrogens (tertiary/aromatic N) is 1. The quantitative estimate of drug-likeness (QED) is 0.626.